The summed E-state index contributed by atoms with van der Waals surface area (Å²) in [6.07, 6.45) is 1.43. The third-order valence-electron chi connectivity index (χ3n) is 2.50. The lowest BCUT2D eigenvalue weighted by molar-refractivity contribution is 0.542. The molecule has 1 aliphatic rings. The van der Waals surface area contributed by atoms with Gasteiger partial charge in [-0.25, -0.2) is 21.9 Å². The summed E-state index contributed by atoms with van der Waals surface area (Å²) in [5, 5.41) is 0. The third-order valence-corrected chi connectivity index (χ3v) is 4.10. The number of rotatable bonds is 3. The molecule has 0 aliphatic heterocycles. The van der Waals surface area contributed by atoms with Crippen molar-refractivity contribution in [3.05, 3.63) is 29.3 Å². The van der Waals surface area contributed by atoms with Crippen molar-refractivity contribution in [3.63, 3.8) is 0 Å². The van der Waals surface area contributed by atoms with Gasteiger partial charge in [0.2, 0.25) is 10.0 Å². The topological polar surface area (TPSA) is 72.2 Å². The molecular weight excluding hydrogens is 274 g/mol. The first-order valence-corrected chi connectivity index (χ1v) is 7.12. The summed E-state index contributed by atoms with van der Waals surface area (Å²) in [4.78, 5) is -0.623. The molecule has 0 atom stereocenters. The van der Waals surface area contributed by atoms with Crippen LogP contribution in [0.25, 0.3) is 0 Å². The molecule has 0 bridgehead atoms. The smallest absolute Gasteiger partial charge is 0.244 e. The Morgan fingerprint density at radius 2 is 2.05 bits per heavy atom. The Morgan fingerprint density at radius 3 is 2.63 bits per heavy atom. The maximum absolute atomic E-state index is 13.7. The molecule has 1 aromatic carbocycles. The minimum atomic E-state index is -4.04. The summed E-state index contributed by atoms with van der Waals surface area (Å²) in [5.74, 6) is 2.73. The molecule has 0 amide bonds. The summed E-state index contributed by atoms with van der Waals surface area (Å²) in [7, 11) is -4.04. The van der Waals surface area contributed by atoms with Gasteiger partial charge in [0.15, 0.2) is 0 Å². The van der Waals surface area contributed by atoms with Crippen molar-refractivity contribution in [2.45, 2.75) is 23.8 Å². The van der Waals surface area contributed by atoms with Gasteiger partial charge in [-0.3, -0.25) is 0 Å². The van der Waals surface area contributed by atoms with Crippen molar-refractivity contribution in [2.75, 3.05) is 6.54 Å². The van der Waals surface area contributed by atoms with E-state index >= 15 is 0 Å². The van der Waals surface area contributed by atoms with Crippen LogP contribution in [-0.4, -0.2) is 21.0 Å². The maximum atomic E-state index is 13.7. The molecule has 0 unspecified atom stereocenters. The van der Waals surface area contributed by atoms with Crippen LogP contribution in [0, 0.1) is 23.5 Å². The van der Waals surface area contributed by atoms with Gasteiger partial charge in [-0.1, -0.05) is 11.8 Å². The molecule has 1 saturated carbocycles. The van der Waals surface area contributed by atoms with Gasteiger partial charge >= 0.3 is 0 Å². The van der Waals surface area contributed by atoms with E-state index in [4.69, 9.17) is 5.73 Å². The summed E-state index contributed by atoms with van der Waals surface area (Å²) < 4.78 is 53.3. The molecule has 0 heterocycles. The number of sulfonamides is 1. The normalized spacial score (nSPS) is 14.9. The molecule has 1 aromatic rings. The van der Waals surface area contributed by atoms with Crippen molar-refractivity contribution in [1.82, 2.24) is 4.72 Å². The number of hydrogen-bond acceptors (Lipinski definition) is 3. The Labute approximate surface area is 110 Å². The molecule has 19 heavy (non-hydrogen) atoms. The van der Waals surface area contributed by atoms with E-state index in [1.807, 2.05) is 0 Å². The van der Waals surface area contributed by atoms with Gasteiger partial charge in [0, 0.05) is 12.1 Å². The second-order valence-electron chi connectivity index (χ2n) is 4.17. The molecule has 0 aromatic heterocycles. The lowest BCUT2D eigenvalue weighted by atomic mass is 10.2. The zero-order valence-electron chi connectivity index (χ0n) is 9.91. The molecule has 1 aliphatic carbocycles. The SMILES string of the molecule is NCC#Cc1cc(F)cc(F)c1S(=O)(=O)NC1CC1. The fraction of sp³-hybridized carbons (Fsp3) is 0.333. The van der Waals surface area contributed by atoms with Crippen LogP contribution in [0.15, 0.2) is 17.0 Å². The van der Waals surface area contributed by atoms with Crippen LogP contribution in [0.1, 0.15) is 18.4 Å². The van der Waals surface area contributed by atoms with E-state index in [-0.39, 0.29) is 18.2 Å². The summed E-state index contributed by atoms with van der Waals surface area (Å²) in [6, 6.07) is 1.23. The van der Waals surface area contributed by atoms with Crippen LogP contribution in [0.3, 0.4) is 0 Å². The van der Waals surface area contributed by atoms with Crippen LogP contribution in [0.5, 0.6) is 0 Å². The van der Waals surface area contributed by atoms with Gasteiger partial charge in [0.05, 0.1) is 12.1 Å². The van der Waals surface area contributed by atoms with Crippen molar-refractivity contribution in [3.8, 4) is 11.8 Å². The number of nitrogens with one attached hydrogen (secondary N) is 1. The van der Waals surface area contributed by atoms with Crippen molar-refractivity contribution < 1.29 is 17.2 Å². The molecular formula is C12H12F2N2O2S. The zero-order chi connectivity index (χ0) is 14.0. The highest BCUT2D eigenvalue weighted by Crippen LogP contribution is 2.25. The third kappa shape index (κ3) is 3.29. The maximum Gasteiger partial charge on any atom is 0.244 e. The fourth-order valence-electron chi connectivity index (χ4n) is 1.55. The monoisotopic (exact) mass is 286 g/mol. The quantitative estimate of drug-likeness (QED) is 0.804. The van der Waals surface area contributed by atoms with Crippen LogP contribution >= 0.6 is 0 Å². The second kappa shape index (κ2) is 5.25. The summed E-state index contributed by atoms with van der Waals surface area (Å²) in [6.45, 7) is -0.0341. The molecule has 0 saturated heterocycles. The highest BCUT2D eigenvalue weighted by atomic mass is 32.2. The Bertz CT molecular complexity index is 658. The van der Waals surface area contributed by atoms with Gasteiger partial charge in [0.25, 0.3) is 0 Å². The van der Waals surface area contributed by atoms with Crippen molar-refractivity contribution >= 4 is 10.0 Å². The molecule has 102 valence electrons. The lowest BCUT2D eigenvalue weighted by Gasteiger charge is -2.09. The lowest BCUT2D eigenvalue weighted by Crippen LogP contribution is -2.27. The number of nitrogens with two attached hydrogens (primary N) is 1. The molecule has 0 radical (unpaired) electrons. The first kappa shape index (κ1) is 13.9. The molecule has 2 rings (SSSR count). The van der Waals surface area contributed by atoms with Crippen molar-refractivity contribution in [1.29, 1.82) is 0 Å². The van der Waals surface area contributed by atoms with Gasteiger partial charge < -0.3 is 5.73 Å². The Morgan fingerprint density at radius 1 is 1.37 bits per heavy atom. The van der Waals surface area contributed by atoms with E-state index in [9.17, 15) is 17.2 Å². The van der Waals surface area contributed by atoms with Gasteiger partial charge in [0.1, 0.15) is 16.5 Å². The Kier molecular flexibility index (Phi) is 3.85. The van der Waals surface area contributed by atoms with E-state index < -0.39 is 26.6 Å². The molecule has 7 heteroatoms. The summed E-state index contributed by atoms with van der Waals surface area (Å²) in [5.41, 5.74) is 4.95. The van der Waals surface area contributed by atoms with E-state index in [0.717, 1.165) is 6.07 Å². The minimum Gasteiger partial charge on any atom is -0.320 e. The molecule has 0 spiro atoms. The standard InChI is InChI=1S/C12H12F2N2O2S/c13-9-6-8(2-1-5-15)12(11(14)7-9)19(17,18)16-10-3-4-10/h6-7,10,16H,3-5,15H2. The number of halogens is 2. The van der Waals surface area contributed by atoms with E-state index in [0.29, 0.717) is 18.9 Å². The largest absolute Gasteiger partial charge is 0.320 e. The second-order valence-corrected chi connectivity index (χ2v) is 5.82. The Balaban J connectivity index is 2.53. The van der Waals surface area contributed by atoms with E-state index in [1.165, 1.54) is 0 Å². The predicted octanol–water partition coefficient (Wildman–Crippen LogP) is 0.716. The van der Waals surface area contributed by atoms with Gasteiger partial charge in [-0.2, -0.15) is 0 Å². The van der Waals surface area contributed by atoms with Crippen LogP contribution < -0.4 is 10.5 Å². The highest BCUT2D eigenvalue weighted by Gasteiger charge is 2.31. The highest BCUT2D eigenvalue weighted by molar-refractivity contribution is 7.89. The molecule has 4 nitrogen and oxygen atoms in total. The van der Waals surface area contributed by atoms with Gasteiger partial charge in [-0.05, 0) is 18.9 Å². The number of hydrogen-bond donors (Lipinski definition) is 2. The van der Waals surface area contributed by atoms with Crippen molar-refractivity contribution in [2.24, 2.45) is 5.73 Å². The minimum absolute atomic E-state index is 0.0341. The first-order chi connectivity index (χ1) is 8.94. The predicted molar refractivity (Wildman–Crippen MR) is 65.6 cm³/mol. The average molecular weight is 286 g/mol. The first-order valence-electron chi connectivity index (χ1n) is 5.64. The van der Waals surface area contributed by atoms with Gasteiger partial charge in [-0.15, -0.1) is 0 Å². The van der Waals surface area contributed by atoms with Crippen LogP contribution in [-0.2, 0) is 10.0 Å². The molecule has 1 fully saturated rings. The number of benzene rings is 1. The fourth-order valence-corrected chi connectivity index (χ4v) is 3.06. The van der Waals surface area contributed by atoms with E-state index in [1.54, 1.807) is 0 Å². The summed E-state index contributed by atoms with van der Waals surface area (Å²) >= 11 is 0. The Hall–Kier alpha value is -1.49. The van der Waals surface area contributed by atoms with E-state index in [2.05, 4.69) is 16.6 Å². The van der Waals surface area contributed by atoms with Crippen LogP contribution in [0.4, 0.5) is 8.78 Å². The molecule has 3 N–H and O–H groups in total. The average Bonchev–Trinajstić information content (AvgIpc) is 3.07. The zero-order valence-corrected chi connectivity index (χ0v) is 10.7. The van der Waals surface area contributed by atoms with Crippen LogP contribution in [0.2, 0.25) is 0 Å².